The predicted molar refractivity (Wildman–Crippen MR) is 90.6 cm³/mol. The Bertz CT molecular complexity index is 471. The fraction of sp³-hybridized carbons (Fsp3) is 0.833. The molecule has 0 aliphatic heterocycles. The zero-order valence-corrected chi connectivity index (χ0v) is 14.7. The molecule has 0 aromatic carbocycles. The third-order valence-corrected chi connectivity index (χ3v) is 5.24. The average molecular weight is 291 g/mol. The number of anilines is 1. The third kappa shape index (κ3) is 3.27. The van der Waals surface area contributed by atoms with Crippen molar-refractivity contribution >= 4 is 5.82 Å². The van der Waals surface area contributed by atoms with Crippen molar-refractivity contribution in [2.24, 2.45) is 11.3 Å². The normalized spacial score (nSPS) is 23.8. The van der Waals surface area contributed by atoms with Crippen LogP contribution in [0.1, 0.15) is 90.6 Å². The first-order valence-corrected chi connectivity index (χ1v) is 8.61. The number of imidazole rings is 1. The van der Waals surface area contributed by atoms with Gasteiger partial charge < -0.3 is 10.3 Å². The van der Waals surface area contributed by atoms with Gasteiger partial charge in [-0.3, -0.25) is 0 Å². The second-order valence-electron chi connectivity index (χ2n) is 8.05. The van der Waals surface area contributed by atoms with Crippen LogP contribution in [0.2, 0.25) is 0 Å². The first-order chi connectivity index (χ1) is 9.75. The van der Waals surface area contributed by atoms with Gasteiger partial charge in [0, 0.05) is 18.4 Å². The van der Waals surface area contributed by atoms with Gasteiger partial charge in [0.2, 0.25) is 0 Å². The van der Waals surface area contributed by atoms with Crippen LogP contribution in [0.15, 0.2) is 0 Å². The first-order valence-electron chi connectivity index (χ1n) is 8.61. The lowest BCUT2D eigenvalue weighted by atomic mass is 9.69. The molecule has 0 saturated heterocycles. The minimum Gasteiger partial charge on any atom is -0.384 e. The van der Waals surface area contributed by atoms with E-state index in [1.807, 2.05) is 0 Å². The highest BCUT2D eigenvalue weighted by atomic mass is 15.1. The summed E-state index contributed by atoms with van der Waals surface area (Å²) in [5, 5.41) is 0. The van der Waals surface area contributed by atoms with Gasteiger partial charge in [-0.05, 0) is 43.9 Å². The summed E-state index contributed by atoms with van der Waals surface area (Å²) in [6, 6.07) is 0. The first kappa shape index (κ1) is 16.4. The SMILES string of the molecule is CCn1c(C(C)C)nc(C2CCC(C(C)(C)C)CC2)c1N. The summed E-state index contributed by atoms with van der Waals surface area (Å²) >= 11 is 0. The molecule has 0 atom stereocenters. The second-order valence-corrected chi connectivity index (χ2v) is 8.05. The van der Waals surface area contributed by atoms with Crippen molar-refractivity contribution in [3.05, 3.63) is 11.5 Å². The fourth-order valence-electron chi connectivity index (χ4n) is 3.81. The smallest absolute Gasteiger partial charge is 0.127 e. The molecule has 0 spiro atoms. The van der Waals surface area contributed by atoms with Crippen molar-refractivity contribution in [1.29, 1.82) is 0 Å². The lowest BCUT2D eigenvalue weighted by Gasteiger charge is -2.36. The van der Waals surface area contributed by atoms with Crippen LogP contribution in [0, 0.1) is 11.3 Å². The van der Waals surface area contributed by atoms with E-state index in [-0.39, 0.29) is 0 Å². The number of nitrogens with two attached hydrogens (primary N) is 1. The Morgan fingerprint density at radius 2 is 1.76 bits per heavy atom. The Hall–Kier alpha value is -0.990. The van der Waals surface area contributed by atoms with Crippen molar-refractivity contribution in [3.63, 3.8) is 0 Å². The van der Waals surface area contributed by atoms with Gasteiger partial charge in [-0.2, -0.15) is 0 Å². The van der Waals surface area contributed by atoms with E-state index in [9.17, 15) is 0 Å². The monoisotopic (exact) mass is 291 g/mol. The molecule has 1 fully saturated rings. The number of aromatic nitrogens is 2. The minimum absolute atomic E-state index is 0.433. The van der Waals surface area contributed by atoms with Gasteiger partial charge >= 0.3 is 0 Å². The van der Waals surface area contributed by atoms with Crippen LogP contribution in [0.4, 0.5) is 5.82 Å². The van der Waals surface area contributed by atoms with Crippen molar-refractivity contribution in [2.45, 2.75) is 85.6 Å². The van der Waals surface area contributed by atoms with Crippen LogP contribution < -0.4 is 5.73 Å². The number of hydrogen-bond acceptors (Lipinski definition) is 2. The average Bonchev–Trinajstić information content (AvgIpc) is 2.75. The molecule has 1 aromatic rings. The molecule has 0 unspecified atom stereocenters. The molecule has 3 heteroatoms. The largest absolute Gasteiger partial charge is 0.384 e. The number of nitrogen functional groups attached to an aromatic ring is 1. The maximum Gasteiger partial charge on any atom is 0.127 e. The predicted octanol–water partition coefficient (Wildman–Crippen LogP) is 4.93. The van der Waals surface area contributed by atoms with Gasteiger partial charge in [0.05, 0.1) is 5.69 Å². The second kappa shape index (κ2) is 6.02. The molecule has 1 aromatic heterocycles. The van der Waals surface area contributed by atoms with Crippen LogP contribution in [-0.2, 0) is 6.54 Å². The van der Waals surface area contributed by atoms with E-state index in [2.05, 4.69) is 46.1 Å². The molecule has 0 bridgehead atoms. The molecule has 1 aliphatic carbocycles. The lowest BCUT2D eigenvalue weighted by Crippen LogP contribution is -2.25. The number of hydrogen-bond donors (Lipinski definition) is 1. The third-order valence-electron chi connectivity index (χ3n) is 5.24. The Kier molecular flexibility index (Phi) is 4.69. The van der Waals surface area contributed by atoms with E-state index < -0.39 is 0 Å². The van der Waals surface area contributed by atoms with Gasteiger partial charge in [0.15, 0.2) is 0 Å². The summed E-state index contributed by atoms with van der Waals surface area (Å²) in [5.74, 6) is 3.91. The summed E-state index contributed by atoms with van der Waals surface area (Å²) in [5.41, 5.74) is 8.01. The van der Waals surface area contributed by atoms with E-state index >= 15 is 0 Å². The molecule has 1 saturated carbocycles. The van der Waals surface area contributed by atoms with Crippen LogP contribution in [-0.4, -0.2) is 9.55 Å². The lowest BCUT2D eigenvalue weighted by molar-refractivity contribution is 0.168. The Balaban J connectivity index is 2.17. The van der Waals surface area contributed by atoms with Crippen molar-refractivity contribution in [2.75, 3.05) is 5.73 Å². The van der Waals surface area contributed by atoms with Crippen LogP contribution in [0.3, 0.4) is 0 Å². The van der Waals surface area contributed by atoms with E-state index in [4.69, 9.17) is 10.7 Å². The summed E-state index contributed by atoms with van der Waals surface area (Å²) in [6.45, 7) is 14.6. The molecule has 120 valence electrons. The molecule has 3 nitrogen and oxygen atoms in total. The Morgan fingerprint density at radius 3 is 2.14 bits per heavy atom. The summed E-state index contributed by atoms with van der Waals surface area (Å²) in [6.07, 6.45) is 5.10. The van der Waals surface area contributed by atoms with E-state index in [0.29, 0.717) is 17.3 Å². The van der Waals surface area contributed by atoms with Crippen molar-refractivity contribution in [1.82, 2.24) is 9.55 Å². The standard InChI is InChI=1S/C18H33N3/c1-7-21-16(19)15(20-17(21)12(2)3)13-8-10-14(11-9-13)18(4,5)6/h12-14H,7-11,19H2,1-6H3. The van der Waals surface area contributed by atoms with Crippen LogP contribution in [0.25, 0.3) is 0 Å². The van der Waals surface area contributed by atoms with Gasteiger partial charge in [-0.15, -0.1) is 0 Å². The van der Waals surface area contributed by atoms with E-state index in [1.165, 1.54) is 31.4 Å². The molecule has 2 N–H and O–H groups in total. The highest BCUT2D eigenvalue weighted by molar-refractivity contribution is 5.41. The number of nitrogens with zero attached hydrogens (tertiary/aromatic N) is 2. The van der Waals surface area contributed by atoms with Gasteiger partial charge in [-0.25, -0.2) is 4.98 Å². The van der Waals surface area contributed by atoms with Crippen molar-refractivity contribution in [3.8, 4) is 0 Å². The Labute approximate surface area is 130 Å². The highest BCUT2D eigenvalue weighted by Gasteiger charge is 2.32. The van der Waals surface area contributed by atoms with Crippen LogP contribution >= 0.6 is 0 Å². The maximum atomic E-state index is 6.40. The molecular formula is C18H33N3. The topological polar surface area (TPSA) is 43.8 Å². The van der Waals surface area contributed by atoms with Gasteiger partial charge in [-0.1, -0.05) is 34.6 Å². The maximum absolute atomic E-state index is 6.40. The fourth-order valence-corrected chi connectivity index (χ4v) is 3.81. The summed E-state index contributed by atoms with van der Waals surface area (Å²) in [7, 11) is 0. The quantitative estimate of drug-likeness (QED) is 0.858. The Morgan fingerprint density at radius 1 is 1.19 bits per heavy atom. The molecule has 1 aliphatic rings. The molecule has 0 amide bonds. The molecular weight excluding hydrogens is 258 g/mol. The van der Waals surface area contributed by atoms with Crippen LogP contribution in [0.5, 0.6) is 0 Å². The summed E-state index contributed by atoms with van der Waals surface area (Å²) < 4.78 is 2.20. The molecule has 0 radical (unpaired) electrons. The molecule has 2 rings (SSSR count). The van der Waals surface area contributed by atoms with Gasteiger partial charge in [0.25, 0.3) is 0 Å². The van der Waals surface area contributed by atoms with Gasteiger partial charge in [0.1, 0.15) is 11.6 Å². The van der Waals surface area contributed by atoms with E-state index in [1.54, 1.807) is 0 Å². The zero-order chi connectivity index (χ0) is 15.8. The van der Waals surface area contributed by atoms with E-state index in [0.717, 1.165) is 24.1 Å². The molecule has 1 heterocycles. The number of rotatable bonds is 3. The highest BCUT2D eigenvalue weighted by Crippen LogP contribution is 2.44. The summed E-state index contributed by atoms with van der Waals surface area (Å²) in [4.78, 5) is 4.93. The van der Waals surface area contributed by atoms with Crippen molar-refractivity contribution < 1.29 is 0 Å². The zero-order valence-electron chi connectivity index (χ0n) is 14.7. The molecule has 21 heavy (non-hydrogen) atoms. The minimum atomic E-state index is 0.433.